The average Bonchev–Trinajstić information content (AvgIpc) is 2.24. The summed E-state index contributed by atoms with van der Waals surface area (Å²) in [5.74, 6) is 0.0888. The summed E-state index contributed by atoms with van der Waals surface area (Å²) in [6.45, 7) is 7.53. The number of esters is 1. The molecule has 0 aromatic rings. The summed E-state index contributed by atoms with van der Waals surface area (Å²) < 4.78 is 5.15. The second-order valence-electron chi connectivity index (χ2n) is 6.17. The van der Waals surface area contributed by atoms with Gasteiger partial charge in [0.05, 0.1) is 0 Å². The number of hydrogen-bond acceptors (Lipinski definition) is 3. The highest BCUT2D eigenvalue weighted by Gasteiger charge is 2.28. The zero-order valence-electron chi connectivity index (χ0n) is 11.9. The molecule has 0 radical (unpaired) electrons. The maximum Gasteiger partial charge on any atom is 0.325 e. The molecule has 0 spiro atoms. The van der Waals surface area contributed by atoms with Crippen LogP contribution in [-0.2, 0) is 14.3 Å². The summed E-state index contributed by atoms with van der Waals surface area (Å²) in [6, 6.07) is 0. The Labute approximate surface area is 109 Å². The number of carbonyl (C=O) groups excluding carboxylic acids is 2. The predicted molar refractivity (Wildman–Crippen MR) is 70.0 cm³/mol. The van der Waals surface area contributed by atoms with Crippen LogP contribution in [0.2, 0.25) is 0 Å². The van der Waals surface area contributed by atoms with Crippen LogP contribution in [-0.4, -0.2) is 24.0 Å². The first-order valence-corrected chi connectivity index (χ1v) is 6.79. The number of ether oxygens (including phenoxy) is 1. The maximum absolute atomic E-state index is 12.0. The fourth-order valence-electron chi connectivity index (χ4n) is 2.37. The third-order valence-electron chi connectivity index (χ3n) is 3.28. The molecule has 1 amide bonds. The zero-order valence-corrected chi connectivity index (χ0v) is 11.9. The summed E-state index contributed by atoms with van der Waals surface area (Å²) in [4.78, 5) is 23.5. The normalized spacial score (nSPS) is 24.4. The Morgan fingerprint density at radius 3 is 2.39 bits per heavy atom. The molecule has 2 unspecified atom stereocenters. The lowest BCUT2D eigenvalue weighted by Crippen LogP contribution is -2.40. The van der Waals surface area contributed by atoms with Crippen molar-refractivity contribution in [2.45, 2.75) is 59.0 Å². The summed E-state index contributed by atoms with van der Waals surface area (Å²) in [5.41, 5.74) is -0.500. The van der Waals surface area contributed by atoms with Gasteiger partial charge in [-0.15, -0.1) is 0 Å². The molecule has 1 rings (SSSR count). The SMILES string of the molecule is CC1CCCCC1C(=O)NCC(=O)OC(C)(C)C. The van der Waals surface area contributed by atoms with Gasteiger partial charge in [0.25, 0.3) is 0 Å². The van der Waals surface area contributed by atoms with Crippen molar-refractivity contribution in [3.63, 3.8) is 0 Å². The van der Waals surface area contributed by atoms with Gasteiger partial charge in [0, 0.05) is 5.92 Å². The van der Waals surface area contributed by atoms with Crippen LogP contribution in [0.4, 0.5) is 0 Å². The summed E-state index contributed by atoms with van der Waals surface area (Å²) in [6.07, 6.45) is 4.34. The van der Waals surface area contributed by atoms with Crippen LogP contribution in [0.25, 0.3) is 0 Å². The first kappa shape index (κ1) is 15.0. The topological polar surface area (TPSA) is 55.4 Å². The molecule has 0 heterocycles. The molecule has 1 fully saturated rings. The highest BCUT2D eigenvalue weighted by atomic mass is 16.6. The van der Waals surface area contributed by atoms with Gasteiger partial charge < -0.3 is 10.1 Å². The van der Waals surface area contributed by atoms with E-state index in [0.717, 1.165) is 19.3 Å². The lowest BCUT2D eigenvalue weighted by Gasteiger charge is -2.27. The van der Waals surface area contributed by atoms with Crippen LogP contribution in [0.5, 0.6) is 0 Å². The lowest BCUT2D eigenvalue weighted by atomic mass is 9.80. The molecule has 1 aliphatic rings. The molecule has 1 aliphatic carbocycles. The highest BCUT2D eigenvalue weighted by Crippen LogP contribution is 2.29. The van der Waals surface area contributed by atoms with Crippen LogP contribution >= 0.6 is 0 Å². The van der Waals surface area contributed by atoms with Crippen molar-refractivity contribution in [2.75, 3.05) is 6.54 Å². The van der Waals surface area contributed by atoms with Crippen molar-refractivity contribution < 1.29 is 14.3 Å². The Hall–Kier alpha value is -1.06. The quantitative estimate of drug-likeness (QED) is 0.787. The molecule has 0 aromatic carbocycles. The largest absolute Gasteiger partial charge is 0.459 e. The van der Waals surface area contributed by atoms with Crippen molar-refractivity contribution >= 4 is 11.9 Å². The minimum absolute atomic E-state index is 0.00643. The molecule has 4 heteroatoms. The van der Waals surface area contributed by atoms with E-state index in [1.54, 1.807) is 0 Å². The van der Waals surface area contributed by atoms with Crippen molar-refractivity contribution in [1.82, 2.24) is 5.32 Å². The van der Waals surface area contributed by atoms with E-state index < -0.39 is 5.60 Å². The van der Waals surface area contributed by atoms with E-state index in [-0.39, 0.29) is 24.3 Å². The van der Waals surface area contributed by atoms with E-state index >= 15 is 0 Å². The molecule has 0 saturated heterocycles. The van der Waals surface area contributed by atoms with E-state index in [9.17, 15) is 9.59 Å². The second-order valence-corrected chi connectivity index (χ2v) is 6.17. The molecular weight excluding hydrogens is 230 g/mol. The molecule has 2 atom stereocenters. The lowest BCUT2D eigenvalue weighted by molar-refractivity contribution is -0.154. The molecule has 0 aliphatic heterocycles. The van der Waals surface area contributed by atoms with E-state index in [1.807, 2.05) is 20.8 Å². The number of rotatable bonds is 3. The van der Waals surface area contributed by atoms with E-state index in [0.29, 0.717) is 5.92 Å². The molecule has 1 N–H and O–H groups in total. The van der Waals surface area contributed by atoms with Gasteiger partial charge in [0.1, 0.15) is 12.1 Å². The highest BCUT2D eigenvalue weighted by molar-refractivity contribution is 5.83. The van der Waals surface area contributed by atoms with E-state index in [2.05, 4.69) is 12.2 Å². The molecule has 104 valence electrons. The van der Waals surface area contributed by atoms with Gasteiger partial charge in [-0.05, 0) is 39.5 Å². The van der Waals surface area contributed by atoms with Gasteiger partial charge in [0.15, 0.2) is 0 Å². The number of carbonyl (C=O) groups is 2. The van der Waals surface area contributed by atoms with Gasteiger partial charge in [0.2, 0.25) is 5.91 Å². The third-order valence-corrected chi connectivity index (χ3v) is 3.28. The van der Waals surface area contributed by atoms with Crippen LogP contribution in [0, 0.1) is 11.8 Å². The molecular formula is C14H25NO3. The van der Waals surface area contributed by atoms with Crippen molar-refractivity contribution in [3.8, 4) is 0 Å². The smallest absolute Gasteiger partial charge is 0.325 e. The standard InChI is InChI=1S/C14H25NO3/c1-10-7-5-6-8-11(10)13(17)15-9-12(16)18-14(2,3)4/h10-11H,5-9H2,1-4H3,(H,15,17). The predicted octanol–water partition coefficient (Wildman–Crippen LogP) is 2.27. The minimum Gasteiger partial charge on any atom is -0.459 e. The van der Waals surface area contributed by atoms with Gasteiger partial charge in [-0.1, -0.05) is 19.8 Å². The molecule has 0 bridgehead atoms. The first-order valence-electron chi connectivity index (χ1n) is 6.79. The Bertz CT molecular complexity index is 307. The summed E-state index contributed by atoms with van der Waals surface area (Å²) >= 11 is 0. The maximum atomic E-state index is 12.0. The Morgan fingerprint density at radius 2 is 1.83 bits per heavy atom. The van der Waals surface area contributed by atoms with Crippen LogP contribution in [0.3, 0.4) is 0 Å². The van der Waals surface area contributed by atoms with E-state index in [4.69, 9.17) is 4.74 Å². The Kier molecular flexibility index (Phi) is 5.17. The summed E-state index contributed by atoms with van der Waals surface area (Å²) in [5, 5.41) is 2.69. The van der Waals surface area contributed by atoms with Gasteiger partial charge in [-0.25, -0.2) is 0 Å². The Morgan fingerprint density at radius 1 is 1.22 bits per heavy atom. The zero-order chi connectivity index (χ0) is 13.8. The van der Waals surface area contributed by atoms with Crippen LogP contribution in [0.1, 0.15) is 53.4 Å². The third kappa shape index (κ3) is 5.07. The van der Waals surface area contributed by atoms with Gasteiger partial charge >= 0.3 is 5.97 Å². The van der Waals surface area contributed by atoms with Gasteiger partial charge in [-0.2, -0.15) is 0 Å². The molecule has 18 heavy (non-hydrogen) atoms. The van der Waals surface area contributed by atoms with Crippen LogP contribution in [0.15, 0.2) is 0 Å². The number of hydrogen-bond donors (Lipinski definition) is 1. The van der Waals surface area contributed by atoms with E-state index in [1.165, 1.54) is 6.42 Å². The first-order chi connectivity index (χ1) is 8.29. The number of amides is 1. The van der Waals surface area contributed by atoms with Crippen molar-refractivity contribution in [3.05, 3.63) is 0 Å². The van der Waals surface area contributed by atoms with Crippen molar-refractivity contribution in [2.24, 2.45) is 11.8 Å². The van der Waals surface area contributed by atoms with Crippen LogP contribution < -0.4 is 5.32 Å². The average molecular weight is 255 g/mol. The summed E-state index contributed by atoms with van der Waals surface area (Å²) in [7, 11) is 0. The fraction of sp³-hybridized carbons (Fsp3) is 0.857. The second kappa shape index (κ2) is 6.21. The monoisotopic (exact) mass is 255 g/mol. The fourth-order valence-corrected chi connectivity index (χ4v) is 2.37. The minimum atomic E-state index is -0.500. The van der Waals surface area contributed by atoms with Crippen molar-refractivity contribution in [1.29, 1.82) is 0 Å². The molecule has 4 nitrogen and oxygen atoms in total. The van der Waals surface area contributed by atoms with Gasteiger partial charge in [-0.3, -0.25) is 9.59 Å². The number of nitrogens with one attached hydrogen (secondary N) is 1. The Balaban J connectivity index is 2.34. The molecule has 1 saturated carbocycles. The molecule has 0 aromatic heterocycles.